The summed E-state index contributed by atoms with van der Waals surface area (Å²) in [5, 5.41) is 9.38. The van der Waals surface area contributed by atoms with Crippen LogP contribution in [0.2, 0.25) is 0 Å². The molecule has 2 rings (SSSR count). The van der Waals surface area contributed by atoms with E-state index < -0.39 is 0 Å². The number of aryl methyl sites for hydroxylation is 2. The molecule has 0 bridgehead atoms. The molecule has 0 saturated heterocycles. The Morgan fingerprint density at radius 2 is 1.96 bits per heavy atom. The molecule has 3 amide bonds. The maximum absolute atomic E-state index is 12.3. The van der Waals surface area contributed by atoms with E-state index in [2.05, 4.69) is 15.8 Å². The van der Waals surface area contributed by atoms with Crippen molar-refractivity contribution in [3.05, 3.63) is 41.3 Å². The molecule has 2 aromatic rings. The van der Waals surface area contributed by atoms with E-state index in [0.717, 1.165) is 5.56 Å². The van der Waals surface area contributed by atoms with Gasteiger partial charge in [-0.1, -0.05) is 11.2 Å². The second kappa shape index (κ2) is 6.95. The van der Waals surface area contributed by atoms with Crippen molar-refractivity contribution < 1.29 is 14.1 Å². The number of nitrogens with one attached hydrogen (secondary N) is 2. The van der Waals surface area contributed by atoms with E-state index >= 15 is 0 Å². The van der Waals surface area contributed by atoms with Crippen molar-refractivity contribution in [1.82, 2.24) is 10.1 Å². The van der Waals surface area contributed by atoms with Gasteiger partial charge in [-0.25, -0.2) is 4.79 Å². The monoisotopic (exact) mass is 316 g/mol. The summed E-state index contributed by atoms with van der Waals surface area (Å²) in [4.78, 5) is 24.9. The maximum atomic E-state index is 12.3. The van der Waals surface area contributed by atoms with Gasteiger partial charge >= 0.3 is 6.03 Å². The van der Waals surface area contributed by atoms with Gasteiger partial charge in [0.05, 0.1) is 6.54 Å². The Hall–Kier alpha value is -2.83. The molecule has 0 atom stereocenters. The lowest BCUT2D eigenvalue weighted by Crippen LogP contribution is -2.31. The Labute approximate surface area is 134 Å². The molecule has 0 aliphatic heterocycles. The Kier molecular flexibility index (Phi) is 5.00. The summed E-state index contributed by atoms with van der Waals surface area (Å²) in [7, 11) is 1.67. The molecule has 1 aromatic carbocycles. The summed E-state index contributed by atoms with van der Waals surface area (Å²) in [5.41, 5.74) is 2.86. The summed E-state index contributed by atoms with van der Waals surface area (Å²) >= 11 is 0. The molecular weight excluding hydrogens is 296 g/mol. The van der Waals surface area contributed by atoms with Gasteiger partial charge in [0.15, 0.2) is 0 Å². The highest BCUT2D eigenvalue weighted by atomic mass is 16.5. The summed E-state index contributed by atoms with van der Waals surface area (Å²) in [6.07, 6.45) is 0. The first kappa shape index (κ1) is 16.5. The molecule has 0 unspecified atom stereocenters. The zero-order chi connectivity index (χ0) is 17.0. The predicted molar refractivity (Wildman–Crippen MR) is 87.2 cm³/mol. The standard InChI is InChI=1S/C16H20N4O3/c1-10-5-6-13(17-12(3)21)8-15(10)18-16(22)20(4)9-14-7-11(2)23-19-14/h5-8H,9H2,1-4H3,(H,17,21)(H,18,22). The normalized spacial score (nSPS) is 10.3. The van der Waals surface area contributed by atoms with Crippen molar-refractivity contribution in [2.75, 3.05) is 17.7 Å². The third-order valence-electron chi connectivity index (χ3n) is 3.22. The number of amides is 3. The molecule has 0 spiro atoms. The van der Waals surface area contributed by atoms with Gasteiger partial charge in [0, 0.05) is 31.4 Å². The van der Waals surface area contributed by atoms with Crippen molar-refractivity contribution in [3.8, 4) is 0 Å². The third-order valence-corrected chi connectivity index (χ3v) is 3.22. The van der Waals surface area contributed by atoms with Crippen molar-refractivity contribution in [2.45, 2.75) is 27.3 Å². The average molecular weight is 316 g/mol. The zero-order valence-corrected chi connectivity index (χ0v) is 13.6. The van der Waals surface area contributed by atoms with Crippen LogP contribution in [-0.4, -0.2) is 29.0 Å². The number of benzene rings is 1. The van der Waals surface area contributed by atoms with Crippen LogP contribution in [0.25, 0.3) is 0 Å². The van der Waals surface area contributed by atoms with Gasteiger partial charge in [-0.3, -0.25) is 4.79 Å². The van der Waals surface area contributed by atoms with Crippen molar-refractivity contribution in [1.29, 1.82) is 0 Å². The summed E-state index contributed by atoms with van der Waals surface area (Å²) in [6, 6.07) is 6.86. The van der Waals surface area contributed by atoms with Crippen LogP contribution in [0.1, 0.15) is 23.9 Å². The fourth-order valence-corrected chi connectivity index (χ4v) is 2.06. The van der Waals surface area contributed by atoms with Gasteiger partial charge < -0.3 is 20.1 Å². The fraction of sp³-hybridized carbons (Fsp3) is 0.312. The Balaban J connectivity index is 2.05. The molecule has 7 nitrogen and oxygen atoms in total. The number of nitrogens with zero attached hydrogens (tertiary/aromatic N) is 2. The zero-order valence-electron chi connectivity index (χ0n) is 13.6. The van der Waals surface area contributed by atoms with Gasteiger partial charge in [0.1, 0.15) is 11.5 Å². The lowest BCUT2D eigenvalue weighted by atomic mass is 10.2. The number of carbonyl (C=O) groups excluding carboxylic acids is 2. The molecule has 2 N–H and O–H groups in total. The number of carbonyl (C=O) groups is 2. The SMILES string of the molecule is CC(=O)Nc1ccc(C)c(NC(=O)N(C)Cc2cc(C)on2)c1. The van der Waals surface area contributed by atoms with Crippen LogP contribution < -0.4 is 10.6 Å². The number of anilines is 2. The smallest absolute Gasteiger partial charge is 0.321 e. The average Bonchev–Trinajstić information content (AvgIpc) is 2.87. The highest BCUT2D eigenvalue weighted by Gasteiger charge is 2.13. The molecule has 0 aliphatic rings. The van der Waals surface area contributed by atoms with Crippen LogP contribution in [0.3, 0.4) is 0 Å². The third kappa shape index (κ3) is 4.57. The summed E-state index contributed by atoms with van der Waals surface area (Å²) in [5.74, 6) is 0.539. The van der Waals surface area contributed by atoms with Gasteiger partial charge in [0.2, 0.25) is 5.91 Å². The predicted octanol–water partition coefficient (Wildman–Crippen LogP) is 2.91. The minimum Gasteiger partial charge on any atom is -0.361 e. The van der Waals surface area contributed by atoms with Crippen LogP contribution in [0.15, 0.2) is 28.8 Å². The first-order chi connectivity index (χ1) is 10.8. The minimum absolute atomic E-state index is 0.162. The molecule has 1 aromatic heterocycles. The molecule has 23 heavy (non-hydrogen) atoms. The highest BCUT2D eigenvalue weighted by Crippen LogP contribution is 2.21. The number of rotatable bonds is 4. The lowest BCUT2D eigenvalue weighted by Gasteiger charge is -2.18. The lowest BCUT2D eigenvalue weighted by molar-refractivity contribution is -0.114. The Bertz CT molecular complexity index is 724. The summed E-state index contributed by atoms with van der Waals surface area (Å²) in [6.45, 7) is 5.46. The molecule has 122 valence electrons. The van der Waals surface area contributed by atoms with E-state index in [0.29, 0.717) is 29.4 Å². The van der Waals surface area contributed by atoms with E-state index in [9.17, 15) is 9.59 Å². The van der Waals surface area contributed by atoms with Crippen LogP contribution in [0.5, 0.6) is 0 Å². The Morgan fingerprint density at radius 1 is 1.22 bits per heavy atom. The van der Waals surface area contributed by atoms with Gasteiger partial charge in [-0.05, 0) is 31.5 Å². The fourth-order valence-electron chi connectivity index (χ4n) is 2.06. The largest absolute Gasteiger partial charge is 0.361 e. The number of hydrogen-bond acceptors (Lipinski definition) is 4. The van der Waals surface area contributed by atoms with Crippen LogP contribution in [0, 0.1) is 13.8 Å². The van der Waals surface area contributed by atoms with Crippen LogP contribution in [-0.2, 0) is 11.3 Å². The maximum Gasteiger partial charge on any atom is 0.321 e. The van der Waals surface area contributed by atoms with E-state index in [4.69, 9.17) is 4.52 Å². The summed E-state index contributed by atoms with van der Waals surface area (Å²) < 4.78 is 4.99. The number of urea groups is 1. The second-order valence-electron chi connectivity index (χ2n) is 5.43. The topological polar surface area (TPSA) is 87.5 Å². The molecule has 0 fully saturated rings. The van der Waals surface area contributed by atoms with Gasteiger partial charge in [0.25, 0.3) is 0 Å². The first-order valence-corrected chi connectivity index (χ1v) is 7.17. The van der Waals surface area contributed by atoms with Gasteiger partial charge in [-0.15, -0.1) is 0 Å². The second-order valence-corrected chi connectivity index (χ2v) is 5.43. The van der Waals surface area contributed by atoms with E-state index in [-0.39, 0.29) is 11.9 Å². The van der Waals surface area contributed by atoms with Crippen LogP contribution in [0.4, 0.5) is 16.2 Å². The van der Waals surface area contributed by atoms with E-state index in [1.54, 1.807) is 32.2 Å². The minimum atomic E-state index is -0.270. The number of hydrogen-bond donors (Lipinski definition) is 2. The molecule has 7 heteroatoms. The number of aromatic nitrogens is 1. The van der Waals surface area contributed by atoms with Crippen LogP contribution >= 0.6 is 0 Å². The highest BCUT2D eigenvalue weighted by molar-refractivity contribution is 5.93. The molecule has 1 heterocycles. The van der Waals surface area contributed by atoms with Crippen molar-refractivity contribution in [2.24, 2.45) is 0 Å². The van der Waals surface area contributed by atoms with Crippen molar-refractivity contribution in [3.63, 3.8) is 0 Å². The Morgan fingerprint density at radius 3 is 2.57 bits per heavy atom. The van der Waals surface area contributed by atoms with Gasteiger partial charge in [-0.2, -0.15) is 0 Å². The molecule has 0 aliphatic carbocycles. The van der Waals surface area contributed by atoms with Crippen molar-refractivity contribution >= 4 is 23.3 Å². The van der Waals surface area contributed by atoms with E-state index in [1.807, 2.05) is 13.0 Å². The quantitative estimate of drug-likeness (QED) is 0.908. The molecular formula is C16H20N4O3. The van der Waals surface area contributed by atoms with E-state index in [1.165, 1.54) is 11.8 Å². The molecule has 0 radical (unpaired) electrons. The first-order valence-electron chi connectivity index (χ1n) is 7.17. The molecule has 0 saturated carbocycles.